The molecule has 0 aliphatic carbocycles. The molecule has 0 fully saturated rings. The predicted octanol–water partition coefficient (Wildman–Crippen LogP) is 17.4. The van der Waals surface area contributed by atoms with Crippen molar-refractivity contribution in [1.29, 1.82) is 0 Å². The van der Waals surface area contributed by atoms with Gasteiger partial charge in [0.05, 0.1) is 28.1 Å². The molecule has 0 radical (unpaired) electrons. The molecule has 0 saturated carbocycles. The third-order valence-corrected chi connectivity index (χ3v) is 13.9. The van der Waals surface area contributed by atoms with Crippen molar-refractivity contribution in [2.24, 2.45) is 0 Å². The number of nitrogens with zero attached hydrogens (tertiary/aromatic N) is 3. The number of hydrogen-bond donors (Lipinski definition) is 0. The Kier molecular flexibility index (Phi) is 8.74. The number of furan rings is 1. The summed E-state index contributed by atoms with van der Waals surface area (Å²) in [7, 11) is 0. The van der Waals surface area contributed by atoms with E-state index in [1.165, 1.54) is 53.9 Å². The normalized spacial score (nSPS) is 12.2. The molecule has 306 valence electrons. The van der Waals surface area contributed by atoms with Gasteiger partial charge in [0.1, 0.15) is 5.58 Å². The summed E-state index contributed by atoms with van der Waals surface area (Å²) in [6.07, 6.45) is 0. The van der Waals surface area contributed by atoms with Gasteiger partial charge in [0, 0.05) is 54.1 Å². The summed E-state index contributed by atoms with van der Waals surface area (Å²) in [5.41, 5.74) is 16.6. The van der Waals surface area contributed by atoms with E-state index in [0.717, 1.165) is 61.8 Å². The maximum absolute atomic E-state index is 6.58. The number of aromatic nitrogens is 1. The van der Waals surface area contributed by atoms with E-state index in [0.29, 0.717) is 0 Å². The van der Waals surface area contributed by atoms with Crippen LogP contribution in [0.3, 0.4) is 0 Å². The molecule has 0 amide bonds. The maximum Gasteiger partial charge on any atom is 0.159 e. The minimum Gasteiger partial charge on any atom is -0.454 e. The Morgan fingerprint density at radius 1 is 0.354 bits per heavy atom. The minimum atomic E-state index is 0.893. The molecule has 0 atom stereocenters. The Bertz CT molecular complexity index is 3720. The zero-order valence-corrected chi connectivity index (χ0v) is 36.0. The van der Waals surface area contributed by atoms with Crippen LogP contribution in [0.5, 0.6) is 0 Å². The van der Waals surface area contributed by atoms with Crippen LogP contribution in [-0.2, 0) is 0 Å². The lowest BCUT2D eigenvalue weighted by atomic mass is 9.98. The second-order valence-corrected chi connectivity index (χ2v) is 17.6. The molecule has 0 saturated heterocycles. The number of rotatable bonds is 7. The van der Waals surface area contributed by atoms with Crippen LogP contribution < -0.4 is 9.80 Å². The first-order chi connectivity index (χ1) is 32.2. The van der Waals surface area contributed by atoms with E-state index in [2.05, 4.69) is 245 Å². The largest absolute Gasteiger partial charge is 0.454 e. The molecular formula is C60H39N3OS. The van der Waals surface area contributed by atoms with Gasteiger partial charge in [0.2, 0.25) is 0 Å². The van der Waals surface area contributed by atoms with Crippen molar-refractivity contribution in [3.8, 4) is 27.9 Å². The topological polar surface area (TPSA) is 24.6 Å². The number of fused-ring (bicyclic) bond motifs is 8. The number of para-hydroxylation sites is 6. The Labute approximate surface area is 380 Å². The lowest BCUT2D eigenvalue weighted by Crippen LogP contribution is -2.15. The quantitative estimate of drug-likeness (QED) is 0.159. The summed E-state index contributed by atoms with van der Waals surface area (Å²) in [5.74, 6) is 0. The van der Waals surface area contributed by atoms with Crippen LogP contribution >= 0.6 is 11.8 Å². The van der Waals surface area contributed by atoms with E-state index in [-0.39, 0.29) is 0 Å². The van der Waals surface area contributed by atoms with Crippen molar-refractivity contribution in [1.82, 2.24) is 4.57 Å². The standard InChI is InChI=1S/C60H39N3OS/c1-3-17-44(18-4-1)61(45-19-5-2-6-20-45)46-31-33-47(34-32-46)62-52-24-9-7-21-48(52)49-35-29-42(38-56(49)62)40-15-13-16-41(37-40)43-30-36-54-59(39-43)65-58-28-12-10-25-53(58)63(54)55-26-14-23-51-50-22-8-11-27-57(50)64-60(51)55/h1-39H. The highest BCUT2D eigenvalue weighted by molar-refractivity contribution is 7.99. The second kappa shape index (κ2) is 15.2. The zero-order chi connectivity index (χ0) is 42.8. The molecule has 2 aromatic heterocycles. The Morgan fingerprint density at radius 3 is 1.72 bits per heavy atom. The highest BCUT2D eigenvalue weighted by atomic mass is 32.2. The molecule has 4 nitrogen and oxygen atoms in total. The van der Waals surface area contributed by atoms with Crippen molar-refractivity contribution in [3.05, 3.63) is 237 Å². The zero-order valence-electron chi connectivity index (χ0n) is 35.2. The molecule has 1 aliphatic heterocycles. The van der Waals surface area contributed by atoms with Crippen molar-refractivity contribution in [2.45, 2.75) is 9.79 Å². The number of anilines is 6. The molecular weight excluding hydrogens is 811 g/mol. The molecule has 5 heteroatoms. The molecule has 3 heterocycles. The van der Waals surface area contributed by atoms with Crippen molar-refractivity contribution in [2.75, 3.05) is 9.80 Å². The van der Waals surface area contributed by atoms with Crippen LogP contribution in [0.15, 0.2) is 251 Å². The Morgan fingerprint density at radius 2 is 0.923 bits per heavy atom. The monoisotopic (exact) mass is 849 g/mol. The first kappa shape index (κ1) is 37.3. The van der Waals surface area contributed by atoms with Gasteiger partial charge < -0.3 is 18.8 Å². The fourth-order valence-corrected chi connectivity index (χ4v) is 10.9. The molecule has 1 aliphatic rings. The van der Waals surface area contributed by atoms with Crippen LogP contribution in [0.25, 0.3) is 71.7 Å². The maximum atomic E-state index is 6.58. The average Bonchev–Trinajstić information content (AvgIpc) is 3.92. The lowest BCUT2D eigenvalue weighted by Gasteiger charge is -2.33. The van der Waals surface area contributed by atoms with Crippen molar-refractivity contribution < 1.29 is 4.42 Å². The van der Waals surface area contributed by atoms with Gasteiger partial charge >= 0.3 is 0 Å². The molecule has 0 unspecified atom stereocenters. The molecule has 12 aromatic rings. The van der Waals surface area contributed by atoms with Crippen molar-refractivity contribution in [3.63, 3.8) is 0 Å². The van der Waals surface area contributed by atoms with E-state index >= 15 is 0 Å². The van der Waals surface area contributed by atoms with Crippen molar-refractivity contribution >= 4 is 89.6 Å². The Balaban J connectivity index is 0.882. The summed E-state index contributed by atoms with van der Waals surface area (Å²) in [4.78, 5) is 7.09. The number of hydrogen-bond acceptors (Lipinski definition) is 4. The smallest absolute Gasteiger partial charge is 0.159 e. The van der Waals surface area contributed by atoms with E-state index in [4.69, 9.17) is 4.42 Å². The van der Waals surface area contributed by atoms with Crippen LogP contribution in [-0.4, -0.2) is 4.57 Å². The summed E-state index contributed by atoms with van der Waals surface area (Å²) >= 11 is 1.83. The van der Waals surface area contributed by atoms with Gasteiger partial charge in [-0.05, 0) is 125 Å². The van der Waals surface area contributed by atoms with Crippen LogP contribution in [0, 0.1) is 0 Å². The summed E-state index contributed by atoms with van der Waals surface area (Å²) in [6, 6.07) is 85.1. The van der Waals surface area contributed by atoms with E-state index in [1.807, 2.05) is 17.8 Å². The number of benzene rings is 10. The average molecular weight is 850 g/mol. The summed E-state index contributed by atoms with van der Waals surface area (Å²) in [6.45, 7) is 0. The first-order valence-electron chi connectivity index (χ1n) is 22.0. The second-order valence-electron chi connectivity index (χ2n) is 16.5. The molecule has 10 aromatic carbocycles. The third kappa shape index (κ3) is 6.23. The van der Waals surface area contributed by atoms with Crippen LogP contribution in [0.2, 0.25) is 0 Å². The molecule has 0 N–H and O–H groups in total. The van der Waals surface area contributed by atoms with E-state index < -0.39 is 0 Å². The minimum absolute atomic E-state index is 0.893. The SMILES string of the molecule is c1ccc(N(c2ccccc2)c2ccc(-n3c4ccccc4c4ccc(-c5cccc(-c6ccc7c(c6)Sc6ccccc6N7c6cccc7c6oc6ccccc67)c5)cc43)cc2)cc1. The van der Waals surface area contributed by atoms with Gasteiger partial charge in [-0.1, -0.05) is 145 Å². The molecule has 0 spiro atoms. The van der Waals surface area contributed by atoms with Gasteiger partial charge in [-0.15, -0.1) is 0 Å². The van der Waals surface area contributed by atoms with Gasteiger partial charge in [-0.2, -0.15) is 0 Å². The van der Waals surface area contributed by atoms with Gasteiger partial charge in [0.25, 0.3) is 0 Å². The molecule has 0 bridgehead atoms. The summed E-state index contributed by atoms with van der Waals surface area (Å²) in [5, 5.41) is 4.72. The third-order valence-electron chi connectivity index (χ3n) is 12.7. The van der Waals surface area contributed by atoms with Gasteiger partial charge in [-0.25, -0.2) is 0 Å². The van der Waals surface area contributed by atoms with E-state index in [1.54, 1.807) is 0 Å². The summed E-state index contributed by atoms with van der Waals surface area (Å²) < 4.78 is 8.99. The lowest BCUT2D eigenvalue weighted by molar-refractivity contribution is 0.669. The molecule has 65 heavy (non-hydrogen) atoms. The van der Waals surface area contributed by atoms with Crippen LogP contribution in [0.4, 0.5) is 34.1 Å². The van der Waals surface area contributed by atoms with E-state index in [9.17, 15) is 0 Å². The highest BCUT2D eigenvalue weighted by Crippen LogP contribution is 2.54. The Hall–Kier alpha value is -8.25. The van der Waals surface area contributed by atoms with Crippen LogP contribution in [0.1, 0.15) is 0 Å². The fourth-order valence-electron chi connectivity index (χ4n) is 9.76. The van der Waals surface area contributed by atoms with Gasteiger partial charge in [-0.3, -0.25) is 0 Å². The van der Waals surface area contributed by atoms with Gasteiger partial charge in [0.15, 0.2) is 5.58 Å². The molecule has 13 rings (SSSR count). The fraction of sp³-hybridized carbons (Fsp3) is 0. The predicted molar refractivity (Wildman–Crippen MR) is 272 cm³/mol. The highest BCUT2D eigenvalue weighted by Gasteiger charge is 2.28. The first-order valence-corrected chi connectivity index (χ1v) is 22.8.